The Morgan fingerprint density at radius 2 is 1.87 bits per heavy atom. The minimum absolute atomic E-state index is 0.0186. The normalized spacial score (nSPS) is 20.7. The van der Waals surface area contributed by atoms with Gasteiger partial charge in [0.1, 0.15) is 23.3 Å². The van der Waals surface area contributed by atoms with Crippen molar-refractivity contribution in [3.05, 3.63) is 40.7 Å². The molecule has 0 bridgehead atoms. The van der Waals surface area contributed by atoms with E-state index in [1.807, 2.05) is 0 Å². The highest BCUT2D eigenvalue weighted by atomic mass is 19.2. The Labute approximate surface area is 128 Å². The third kappa shape index (κ3) is 3.35. The van der Waals surface area contributed by atoms with Crippen molar-refractivity contribution >= 4 is 17.4 Å². The summed E-state index contributed by atoms with van der Waals surface area (Å²) in [5.74, 6) is -7.44. The summed E-state index contributed by atoms with van der Waals surface area (Å²) in [6.45, 7) is 1.36. The maximum absolute atomic E-state index is 13.7. The second-order valence-electron chi connectivity index (χ2n) is 4.96. The zero-order chi connectivity index (χ0) is 17.3. The lowest BCUT2D eigenvalue weighted by atomic mass is 10.0. The van der Waals surface area contributed by atoms with Crippen molar-refractivity contribution in [2.45, 2.75) is 19.5 Å². The van der Waals surface area contributed by atoms with E-state index in [0.29, 0.717) is 6.07 Å². The maximum Gasteiger partial charge on any atom is 0.343 e. The molecule has 1 fully saturated rings. The molecular weight excluding hydrogens is 318 g/mol. The van der Waals surface area contributed by atoms with Crippen molar-refractivity contribution in [3.63, 3.8) is 0 Å². The fourth-order valence-corrected chi connectivity index (χ4v) is 2.02. The van der Waals surface area contributed by atoms with Crippen molar-refractivity contribution in [1.82, 2.24) is 0 Å². The first-order valence-corrected chi connectivity index (χ1v) is 6.76. The van der Waals surface area contributed by atoms with Gasteiger partial charge in [0.25, 0.3) is 0 Å². The number of rotatable bonds is 5. The van der Waals surface area contributed by atoms with Gasteiger partial charge in [-0.05, 0) is 19.4 Å². The summed E-state index contributed by atoms with van der Waals surface area (Å²) < 4.78 is 57.7. The van der Waals surface area contributed by atoms with E-state index < -0.39 is 58.1 Å². The van der Waals surface area contributed by atoms with Crippen molar-refractivity contribution in [1.29, 1.82) is 5.41 Å². The molecule has 0 radical (unpaired) electrons. The van der Waals surface area contributed by atoms with E-state index in [9.17, 15) is 27.5 Å². The van der Waals surface area contributed by atoms with E-state index >= 15 is 0 Å². The summed E-state index contributed by atoms with van der Waals surface area (Å²) in [6, 6.07) is 0.550. The number of halogens is 4. The van der Waals surface area contributed by atoms with E-state index in [0.717, 1.165) is 0 Å². The summed E-state index contributed by atoms with van der Waals surface area (Å²) >= 11 is 0. The molecule has 2 atom stereocenters. The fourth-order valence-electron chi connectivity index (χ4n) is 2.02. The molecule has 0 amide bonds. The van der Waals surface area contributed by atoms with Crippen molar-refractivity contribution in [2.24, 2.45) is 5.92 Å². The van der Waals surface area contributed by atoms with Gasteiger partial charge in [0.2, 0.25) is 0 Å². The van der Waals surface area contributed by atoms with Gasteiger partial charge in [0.15, 0.2) is 11.6 Å². The summed E-state index contributed by atoms with van der Waals surface area (Å²) in [5.41, 5.74) is -2.15. The molecule has 23 heavy (non-hydrogen) atoms. The second kappa shape index (κ2) is 6.39. The number of nitrogens with one attached hydrogen (secondary N) is 1. The molecule has 0 aromatic heterocycles. The predicted octanol–water partition coefficient (Wildman–Crippen LogP) is 3.31. The SMILES string of the molecule is CCOC(=O)C(C(=N)[C@@H]1C[C@@H]1F)=C(O)c1cc(F)c(F)cc1F. The van der Waals surface area contributed by atoms with Crippen molar-refractivity contribution < 1.29 is 32.2 Å². The monoisotopic (exact) mass is 331 g/mol. The molecule has 1 aromatic rings. The number of aliphatic hydroxyl groups is 1. The van der Waals surface area contributed by atoms with Crippen LogP contribution in [0.1, 0.15) is 18.9 Å². The predicted molar refractivity (Wildman–Crippen MR) is 73.2 cm³/mol. The van der Waals surface area contributed by atoms with Crippen LogP contribution in [-0.2, 0) is 9.53 Å². The molecule has 0 unspecified atom stereocenters. The highest BCUT2D eigenvalue weighted by Gasteiger charge is 2.44. The Hall–Kier alpha value is -2.38. The van der Waals surface area contributed by atoms with Crippen LogP contribution in [0.5, 0.6) is 0 Å². The topological polar surface area (TPSA) is 70.4 Å². The Morgan fingerprint density at radius 3 is 2.39 bits per heavy atom. The van der Waals surface area contributed by atoms with E-state index in [2.05, 4.69) is 4.74 Å². The minimum atomic E-state index is -1.47. The summed E-state index contributed by atoms with van der Waals surface area (Å²) in [7, 11) is 0. The van der Waals surface area contributed by atoms with Crippen LogP contribution in [0.25, 0.3) is 5.76 Å². The van der Waals surface area contributed by atoms with Crippen LogP contribution in [0.4, 0.5) is 17.6 Å². The Bertz CT molecular complexity index is 702. The number of carbonyl (C=O) groups excluding carboxylic acids is 1. The van der Waals surface area contributed by atoms with Gasteiger partial charge in [-0.25, -0.2) is 22.4 Å². The number of aliphatic hydroxyl groups excluding tert-OH is 1. The van der Waals surface area contributed by atoms with Gasteiger partial charge in [0, 0.05) is 12.0 Å². The van der Waals surface area contributed by atoms with Gasteiger partial charge in [-0.2, -0.15) is 0 Å². The van der Waals surface area contributed by atoms with E-state index in [4.69, 9.17) is 5.41 Å². The van der Waals surface area contributed by atoms with Gasteiger partial charge >= 0.3 is 5.97 Å². The molecule has 2 N–H and O–H groups in total. The lowest BCUT2D eigenvalue weighted by Crippen LogP contribution is -2.20. The van der Waals surface area contributed by atoms with Gasteiger partial charge in [-0.3, -0.25) is 0 Å². The molecule has 0 spiro atoms. The minimum Gasteiger partial charge on any atom is -0.506 e. The number of ether oxygens (including phenoxy) is 1. The molecular formula is C15H13F4NO3. The first-order chi connectivity index (χ1) is 10.8. The average Bonchev–Trinajstić information content (AvgIpc) is 3.20. The molecule has 4 nitrogen and oxygen atoms in total. The zero-order valence-electron chi connectivity index (χ0n) is 12.0. The molecule has 1 aliphatic rings. The molecule has 0 heterocycles. The molecule has 1 saturated carbocycles. The van der Waals surface area contributed by atoms with E-state index in [-0.39, 0.29) is 19.1 Å². The Balaban J connectivity index is 2.55. The number of carbonyl (C=O) groups is 1. The zero-order valence-corrected chi connectivity index (χ0v) is 12.0. The van der Waals surface area contributed by atoms with Crippen LogP contribution < -0.4 is 0 Å². The summed E-state index contributed by atoms with van der Waals surface area (Å²) in [5, 5.41) is 17.9. The number of alkyl halides is 1. The van der Waals surface area contributed by atoms with Gasteiger partial charge in [-0.15, -0.1) is 0 Å². The third-order valence-corrected chi connectivity index (χ3v) is 3.33. The molecule has 0 saturated heterocycles. The van der Waals surface area contributed by atoms with Gasteiger partial charge < -0.3 is 15.3 Å². The average molecular weight is 331 g/mol. The molecule has 1 aromatic carbocycles. The number of benzene rings is 1. The van der Waals surface area contributed by atoms with Crippen LogP contribution >= 0.6 is 0 Å². The van der Waals surface area contributed by atoms with Gasteiger partial charge in [-0.1, -0.05) is 0 Å². The van der Waals surface area contributed by atoms with Crippen LogP contribution in [-0.4, -0.2) is 29.6 Å². The fraction of sp³-hybridized carbons (Fsp3) is 0.333. The number of hydrogen-bond acceptors (Lipinski definition) is 4. The van der Waals surface area contributed by atoms with Crippen molar-refractivity contribution in [3.8, 4) is 0 Å². The first-order valence-electron chi connectivity index (χ1n) is 6.76. The molecule has 8 heteroatoms. The first kappa shape index (κ1) is 17.0. The van der Waals surface area contributed by atoms with Gasteiger partial charge in [0.05, 0.1) is 17.9 Å². The smallest absolute Gasteiger partial charge is 0.343 e. The van der Waals surface area contributed by atoms with Crippen LogP contribution in [0, 0.1) is 28.8 Å². The highest BCUT2D eigenvalue weighted by molar-refractivity contribution is 6.24. The standard InChI is InChI=1S/C15H13F4NO3/c1-2-23-15(22)12(13(20)6-3-8(6)16)14(21)7-4-10(18)11(19)5-9(7)17/h4-6,8,20-21H,2-3H2,1H3/t6-,8+/m1/s1. The summed E-state index contributed by atoms with van der Waals surface area (Å²) in [4.78, 5) is 11.9. The van der Waals surface area contributed by atoms with Crippen LogP contribution in [0.15, 0.2) is 17.7 Å². The summed E-state index contributed by atoms with van der Waals surface area (Å²) in [6.07, 6.45) is -1.37. The van der Waals surface area contributed by atoms with E-state index in [1.165, 1.54) is 6.92 Å². The lowest BCUT2D eigenvalue weighted by Gasteiger charge is -2.12. The van der Waals surface area contributed by atoms with Crippen LogP contribution in [0.2, 0.25) is 0 Å². The third-order valence-electron chi connectivity index (χ3n) is 3.33. The molecule has 2 rings (SSSR count). The molecule has 1 aliphatic carbocycles. The quantitative estimate of drug-likeness (QED) is 0.217. The maximum atomic E-state index is 13.7. The Morgan fingerprint density at radius 1 is 1.30 bits per heavy atom. The highest BCUT2D eigenvalue weighted by Crippen LogP contribution is 2.38. The lowest BCUT2D eigenvalue weighted by molar-refractivity contribution is -0.137. The molecule has 124 valence electrons. The molecule has 0 aliphatic heterocycles. The van der Waals surface area contributed by atoms with Crippen LogP contribution in [0.3, 0.4) is 0 Å². The largest absolute Gasteiger partial charge is 0.506 e. The number of esters is 1. The van der Waals surface area contributed by atoms with Crippen molar-refractivity contribution in [2.75, 3.05) is 6.61 Å². The second-order valence-corrected chi connectivity index (χ2v) is 4.96. The number of hydrogen-bond donors (Lipinski definition) is 2. The van der Waals surface area contributed by atoms with E-state index in [1.54, 1.807) is 0 Å². The Kier molecular flexibility index (Phi) is 4.72.